The number of hydrogen-bond donors (Lipinski definition) is 0. The number of nitrogens with zero attached hydrogens (tertiary/aromatic N) is 2. The van der Waals surface area contributed by atoms with Gasteiger partial charge in [0.25, 0.3) is 5.69 Å². The molecule has 6 nitrogen and oxygen atoms in total. The summed E-state index contributed by atoms with van der Waals surface area (Å²) < 4.78 is 0. The molecule has 1 amide bonds. The Morgan fingerprint density at radius 3 is 2.53 bits per heavy atom. The highest BCUT2D eigenvalue weighted by Gasteiger charge is 2.44. The molecular formula is C23H21ClN2O4. The SMILES string of the molecule is CC1(C)CC(=O)C2=C(C1)N(c1cccc([N+](=O)[O-])c1)C(=O)CC2c1ccccc1Cl. The molecule has 1 aliphatic heterocycles. The molecule has 154 valence electrons. The molecule has 30 heavy (non-hydrogen) atoms. The summed E-state index contributed by atoms with van der Waals surface area (Å²) in [6.07, 6.45) is 0.977. The number of Topliss-reactive ketones (excluding diaryl/α,β-unsaturated/α-hetero) is 1. The zero-order valence-corrected chi connectivity index (χ0v) is 17.5. The lowest BCUT2D eigenvalue weighted by Gasteiger charge is -2.43. The van der Waals surface area contributed by atoms with E-state index in [0.29, 0.717) is 34.8 Å². The molecule has 4 rings (SSSR count). The van der Waals surface area contributed by atoms with Gasteiger partial charge in [-0.2, -0.15) is 0 Å². The number of anilines is 1. The normalized spacial score (nSPS) is 20.9. The van der Waals surface area contributed by atoms with Crippen molar-refractivity contribution in [3.63, 3.8) is 0 Å². The fourth-order valence-electron chi connectivity index (χ4n) is 4.48. The van der Waals surface area contributed by atoms with Crippen molar-refractivity contribution in [2.24, 2.45) is 5.41 Å². The second-order valence-electron chi connectivity index (χ2n) is 8.59. The van der Waals surface area contributed by atoms with Crippen LogP contribution in [0.25, 0.3) is 0 Å². The van der Waals surface area contributed by atoms with Crippen LogP contribution >= 0.6 is 11.6 Å². The molecule has 7 heteroatoms. The molecule has 0 spiro atoms. The highest BCUT2D eigenvalue weighted by molar-refractivity contribution is 6.31. The van der Waals surface area contributed by atoms with Gasteiger partial charge >= 0.3 is 0 Å². The minimum absolute atomic E-state index is 0.00546. The maximum absolute atomic E-state index is 13.3. The van der Waals surface area contributed by atoms with E-state index < -0.39 is 10.8 Å². The Bertz CT molecular complexity index is 1110. The second-order valence-corrected chi connectivity index (χ2v) is 8.99. The maximum atomic E-state index is 13.3. The topological polar surface area (TPSA) is 80.5 Å². The van der Waals surface area contributed by atoms with E-state index in [9.17, 15) is 19.7 Å². The summed E-state index contributed by atoms with van der Waals surface area (Å²) in [6.45, 7) is 3.98. The van der Waals surface area contributed by atoms with Crippen LogP contribution < -0.4 is 4.90 Å². The van der Waals surface area contributed by atoms with Gasteiger partial charge in [0, 0.05) is 47.2 Å². The molecule has 0 aromatic heterocycles. The van der Waals surface area contributed by atoms with Crippen LogP contribution in [0.3, 0.4) is 0 Å². The van der Waals surface area contributed by atoms with Crippen molar-refractivity contribution < 1.29 is 14.5 Å². The van der Waals surface area contributed by atoms with E-state index in [-0.39, 0.29) is 29.2 Å². The molecule has 0 radical (unpaired) electrons. The number of nitro groups is 1. The Balaban J connectivity index is 1.92. The van der Waals surface area contributed by atoms with Crippen molar-refractivity contribution >= 4 is 34.7 Å². The van der Waals surface area contributed by atoms with Gasteiger partial charge in [0.15, 0.2) is 5.78 Å². The summed E-state index contributed by atoms with van der Waals surface area (Å²) in [4.78, 5) is 38.8. The first-order chi connectivity index (χ1) is 14.2. The first-order valence-corrected chi connectivity index (χ1v) is 10.1. The molecule has 0 fully saturated rings. The lowest BCUT2D eigenvalue weighted by Crippen LogP contribution is -2.43. The average Bonchev–Trinajstić information content (AvgIpc) is 2.66. The number of halogens is 1. The summed E-state index contributed by atoms with van der Waals surface area (Å²) in [5.41, 5.74) is 1.96. The third-order valence-corrected chi connectivity index (χ3v) is 6.07. The molecule has 2 aliphatic rings. The fourth-order valence-corrected chi connectivity index (χ4v) is 4.75. The second kappa shape index (κ2) is 7.36. The van der Waals surface area contributed by atoms with Gasteiger partial charge in [0.2, 0.25) is 5.91 Å². The van der Waals surface area contributed by atoms with Crippen molar-refractivity contribution in [2.75, 3.05) is 4.90 Å². The first-order valence-electron chi connectivity index (χ1n) is 9.76. The third-order valence-electron chi connectivity index (χ3n) is 5.72. The average molecular weight is 425 g/mol. The summed E-state index contributed by atoms with van der Waals surface area (Å²) in [5.74, 6) is -0.626. The number of carbonyl (C=O) groups is 2. The van der Waals surface area contributed by atoms with Crippen LogP contribution in [-0.4, -0.2) is 16.6 Å². The molecule has 0 N–H and O–H groups in total. The lowest BCUT2D eigenvalue weighted by molar-refractivity contribution is -0.384. The summed E-state index contributed by atoms with van der Waals surface area (Å²) in [5, 5.41) is 11.8. The number of carbonyl (C=O) groups excluding carboxylic acids is 2. The highest BCUT2D eigenvalue weighted by Crippen LogP contribution is 2.49. The zero-order chi connectivity index (χ0) is 21.6. The van der Waals surface area contributed by atoms with Crippen molar-refractivity contribution in [1.29, 1.82) is 0 Å². The Morgan fingerprint density at radius 1 is 1.10 bits per heavy atom. The standard InChI is InChI=1S/C23H21ClN2O4/c1-23(2)12-19-22(20(27)13-23)17(16-8-3-4-9-18(16)24)11-21(28)25(19)14-6-5-7-15(10-14)26(29)30/h3-10,17H,11-13H2,1-2H3. The molecule has 2 aromatic carbocycles. The molecule has 1 atom stereocenters. The van der Waals surface area contributed by atoms with Crippen LogP contribution in [0.5, 0.6) is 0 Å². The van der Waals surface area contributed by atoms with E-state index in [4.69, 9.17) is 11.6 Å². The molecule has 1 heterocycles. The van der Waals surface area contributed by atoms with E-state index in [0.717, 1.165) is 5.56 Å². The molecule has 1 unspecified atom stereocenters. The van der Waals surface area contributed by atoms with Crippen LogP contribution in [0, 0.1) is 15.5 Å². The van der Waals surface area contributed by atoms with Gasteiger partial charge in [0.05, 0.1) is 10.6 Å². The Hall–Kier alpha value is -2.99. The van der Waals surface area contributed by atoms with Gasteiger partial charge in [-0.15, -0.1) is 0 Å². The maximum Gasteiger partial charge on any atom is 0.271 e. The first kappa shape index (κ1) is 20.3. The lowest BCUT2D eigenvalue weighted by atomic mass is 9.69. The van der Waals surface area contributed by atoms with Crippen LogP contribution in [0.1, 0.15) is 44.6 Å². The monoisotopic (exact) mass is 424 g/mol. The van der Waals surface area contributed by atoms with Gasteiger partial charge in [-0.1, -0.05) is 49.7 Å². The molecule has 0 saturated heterocycles. The number of nitro benzene ring substituents is 1. The van der Waals surface area contributed by atoms with E-state index in [1.165, 1.54) is 17.0 Å². The van der Waals surface area contributed by atoms with Gasteiger partial charge < -0.3 is 0 Å². The Kier molecular flexibility index (Phi) is 4.98. The summed E-state index contributed by atoms with van der Waals surface area (Å²) in [6, 6.07) is 13.2. The molecule has 0 saturated carbocycles. The minimum Gasteiger partial charge on any atom is -0.294 e. The van der Waals surface area contributed by atoms with E-state index in [1.807, 2.05) is 32.0 Å². The smallest absolute Gasteiger partial charge is 0.271 e. The molecular weight excluding hydrogens is 404 g/mol. The predicted molar refractivity (Wildman–Crippen MR) is 114 cm³/mol. The number of amides is 1. The van der Waals surface area contributed by atoms with Crippen molar-refractivity contribution in [3.8, 4) is 0 Å². The molecule has 0 bridgehead atoms. The number of non-ortho nitro benzene ring substituents is 1. The molecule has 1 aliphatic carbocycles. The van der Waals surface area contributed by atoms with Crippen molar-refractivity contribution in [1.82, 2.24) is 0 Å². The van der Waals surface area contributed by atoms with Gasteiger partial charge in [-0.05, 0) is 29.5 Å². The van der Waals surface area contributed by atoms with Crippen LogP contribution in [0.4, 0.5) is 11.4 Å². The van der Waals surface area contributed by atoms with E-state index in [1.54, 1.807) is 18.2 Å². The zero-order valence-electron chi connectivity index (χ0n) is 16.7. The van der Waals surface area contributed by atoms with Crippen molar-refractivity contribution in [2.45, 2.75) is 39.0 Å². The van der Waals surface area contributed by atoms with Crippen LogP contribution in [-0.2, 0) is 9.59 Å². The Morgan fingerprint density at radius 2 is 1.83 bits per heavy atom. The van der Waals surface area contributed by atoms with Gasteiger partial charge in [0.1, 0.15) is 0 Å². The number of rotatable bonds is 3. The van der Waals surface area contributed by atoms with E-state index in [2.05, 4.69) is 0 Å². The summed E-state index contributed by atoms with van der Waals surface area (Å²) in [7, 11) is 0. The third kappa shape index (κ3) is 3.52. The summed E-state index contributed by atoms with van der Waals surface area (Å²) >= 11 is 6.42. The van der Waals surface area contributed by atoms with Crippen LogP contribution in [0.2, 0.25) is 5.02 Å². The number of allylic oxidation sites excluding steroid dienone is 2. The Labute approximate surface area is 179 Å². The quantitative estimate of drug-likeness (QED) is 0.487. The fraction of sp³-hybridized carbons (Fsp3) is 0.304. The molecule has 2 aromatic rings. The number of benzene rings is 2. The van der Waals surface area contributed by atoms with Crippen LogP contribution in [0.15, 0.2) is 59.8 Å². The largest absolute Gasteiger partial charge is 0.294 e. The minimum atomic E-state index is -0.490. The number of hydrogen-bond acceptors (Lipinski definition) is 4. The predicted octanol–water partition coefficient (Wildman–Crippen LogP) is 5.41. The van der Waals surface area contributed by atoms with Gasteiger partial charge in [-0.25, -0.2) is 0 Å². The highest BCUT2D eigenvalue weighted by atomic mass is 35.5. The van der Waals surface area contributed by atoms with E-state index >= 15 is 0 Å². The number of ketones is 1. The van der Waals surface area contributed by atoms with Crippen molar-refractivity contribution in [3.05, 3.63) is 80.5 Å². The van der Waals surface area contributed by atoms with Gasteiger partial charge in [-0.3, -0.25) is 24.6 Å².